The topological polar surface area (TPSA) is 127 Å². The van der Waals surface area contributed by atoms with Crippen LogP contribution in [0.2, 0.25) is 0 Å². The smallest absolute Gasteiger partial charge is 0.398 e. The van der Waals surface area contributed by atoms with E-state index in [1.165, 1.54) is 21.1 Å². The number of carbonyl (C=O) groups excluding carboxylic acids is 3. The number of rotatable bonds is 6. The Morgan fingerprint density at radius 1 is 0.940 bits per heavy atom. The first-order valence-electron chi connectivity index (χ1n) is 15.9. The Hall–Kier alpha value is -4.74. The van der Waals surface area contributed by atoms with Gasteiger partial charge in [-0.3, -0.25) is 15.1 Å². The van der Waals surface area contributed by atoms with Crippen molar-refractivity contribution in [1.82, 2.24) is 25.0 Å². The van der Waals surface area contributed by atoms with Gasteiger partial charge in [-0.15, -0.1) is 11.3 Å². The van der Waals surface area contributed by atoms with Gasteiger partial charge in [-0.25, -0.2) is 9.59 Å². The van der Waals surface area contributed by atoms with Crippen LogP contribution in [0.4, 0.5) is 52.3 Å². The van der Waals surface area contributed by atoms with Crippen molar-refractivity contribution in [2.45, 2.75) is 50.2 Å². The molecule has 268 valence electrons. The Balaban J connectivity index is 1.19. The molecular weight excluding hydrogens is 690 g/mol. The summed E-state index contributed by atoms with van der Waals surface area (Å²) in [4.78, 5) is 50.8. The number of hydrogen-bond acceptors (Lipinski definition) is 7. The summed E-state index contributed by atoms with van der Waals surface area (Å²) in [6, 6.07) is 3.94. The van der Waals surface area contributed by atoms with E-state index in [0.29, 0.717) is 44.6 Å². The molecule has 2 aromatic heterocycles. The minimum atomic E-state index is -5.20. The Kier molecular flexibility index (Phi) is 9.74. The Bertz CT molecular complexity index is 1690. The lowest BCUT2D eigenvalue weighted by atomic mass is 9.96. The van der Waals surface area contributed by atoms with Gasteiger partial charge >= 0.3 is 24.4 Å². The quantitative estimate of drug-likeness (QED) is 0.236. The molecule has 18 heteroatoms. The van der Waals surface area contributed by atoms with Crippen LogP contribution in [0.3, 0.4) is 0 Å². The molecule has 3 aliphatic heterocycles. The number of hydrogen-bond donors (Lipinski definition) is 3. The molecule has 1 aromatic carbocycles. The van der Waals surface area contributed by atoms with Crippen LogP contribution in [0.15, 0.2) is 48.1 Å². The fourth-order valence-electron chi connectivity index (χ4n) is 6.61. The summed E-state index contributed by atoms with van der Waals surface area (Å²) in [5, 5.41) is 8.16. The van der Waals surface area contributed by atoms with E-state index in [9.17, 15) is 40.7 Å². The van der Waals surface area contributed by atoms with Gasteiger partial charge in [0.2, 0.25) is 5.91 Å². The highest BCUT2D eigenvalue weighted by Gasteiger charge is 2.42. The predicted octanol–water partition coefficient (Wildman–Crippen LogP) is 5.24. The number of urea groups is 2. The van der Waals surface area contributed by atoms with Gasteiger partial charge in [-0.2, -0.15) is 26.3 Å². The maximum Gasteiger partial charge on any atom is 0.418 e. The van der Waals surface area contributed by atoms with Crippen LogP contribution in [0.1, 0.15) is 35.1 Å². The Labute approximate surface area is 287 Å². The first-order chi connectivity index (χ1) is 23.7. The third-order valence-corrected chi connectivity index (χ3v) is 10.1. The van der Waals surface area contributed by atoms with Gasteiger partial charge in [0.25, 0.3) is 0 Å². The molecule has 3 aliphatic rings. The molecule has 6 rings (SSSR count). The van der Waals surface area contributed by atoms with Crippen molar-refractivity contribution < 1.29 is 40.7 Å². The number of nitrogens with two attached hydrogens (primary N) is 1. The van der Waals surface area contributed by atoms with Crippen LogP contribution < -0.4 is 21.3 Å². The van der Waals surface area contributed by atoms with E-state index in [-0.39, 0.29) is 38.3 Å². The average molecular weight is 725 g/mol. The van der Waals surface area contributed by atoms with E-state index in [0.717, 1.165) is 16.3 Å². The molecule has 0 spiro atoms. The SMILES string of the molecule is Nc1c(C(F)(F)F)cc(C[C@@H](NC(=O)N2CCC(N3Cc4ccsc4NC3=O)CC2)C(=O)N2CCN(c3ccncc3)CC2)cc1C(F)(F)F. The number of thiophene rings is 1. The zero-order chi connectivity index (χ0) is 35.8. The van der Waals surface area contributed by atoms with Crippen molar-refractivity contribution in [3.05, 3.63) is 70.4 Å². The number of likely N-dealkylation sites (tertiary alicyclic amines) is 1. The van der Waals surface area contributed by atoms with E-state index in [1.54, 1.807) is 29.4 Å². The molecule has 5 amide bonds. The molecule has 0 bridgehead atoms. The number of piperazine rings is 1. The minimum Gasteiger partial charge on any atom is -0.398 e. The van der Waals surface area contributed by atoms with Gasteiger partial charge in [0.05, 0.1) is 23.4 Å². The number of pyridine rings is 1. The van der Waals surface area contributed by atoms with Gasteiger partial charge < -0.3 is 30.7 Å². The number of nitrogens with one attached hydrogen (secondary N) is 2. The van der Waals surface area contributed by atoms with Crippen LogP contribution in [-0.2, 0) is 30.1 Å². The van der Waals surface area contributed by atoms with Gasteiger partial charge in [0.1, 0.15) is 11.0 Å². The second-order valence-electron chi connectivity index (χ2n) is 12.4. The fourth-order valence-corrected chi connectivity index (χ4v) is 7.40. The lowest BCUT2D eigenvalue weighted by molar-refractivity contribution is -0.141. The molecule has 11 nitrogen and oxygen atoms in total. The molecule has 0 saturated carbocycles. The van der Waals surface area contributed by atoms with Crippen LogP contribution in [0, 0.1) is 0 Å². The molecular formula is C32H34F6N8O3S. The number of amides is 5. The van der Waals surface area contributed by atoms with Gasteiger partial charge in [-0.05, 0) is 54.1 Å². The van der Waals surface area contributed by atoms with Gasteiger partial charge in [0, 0.05) is 75.4 Å². The highest BCUT2D eigenvalue weighted by atomic mass is 32.1. The average Bonchev–Trinajstić information content (AvgIpc) is 3.54. The van der Waals surface area contributed by atoms with Gasteiger partial charge in [0.15, 0.2) is 0 Å². The first-order valence-corrected chi connectivity index (χ1v) is 16.8. The van der Waals surface area contributed by atoms with Crippen molar-refractivity contribution in [3.8, 4) is 0 Å². The summed E-state index contributed by atoms with van der Waals surface area (Å²) >= 11 is 1.43. The second kappa shape index (κ2) is 13.9. The normalized spacial score (nSPS) is 18.1. The summed E-state index contributed by atoms with van der Waals surface area (Å²) in [5.41, 5.74) is 1.92. The van der Waals surface area contributed by atoms with Crippen molar-refractivity contribution in [1.29, 1.82) is 0 Å². The molecule has 2 saturated heterocycles. The Morgan fingerprint density at radius 3 is 2.16 bits per heavy atom. The molecule has 2 fully saturated rings. The van der Waals surface area contributed by atoms with Crippen LogP contribution >= 0.6 is 11.3 Å². The van der Waals surface area contributed by atoms with E-state index in [4.69, 9.17) is 5.73 Å². The largest absolute Gasteiger partial charge is 0.418 e. The monoisotopic (exact) mass is 724 g/mol. The van der Waals surface area contributed by atoms with Crippen molar-refractivity contribution in [2.75, 3.05) is 55.2 Å². The molecule has 5 heterocycles. The van der Waals surface area contributed by atoms with Crippen molar-refractivity contribution in [2.24, 2.45) is 0 Å². The van der Waals surface area contributed by atoms with E-state index in [1.807, 2.05) is 16.3 Å². The molecule has 0 radical (unpaired) electrons. The highest BCUT2D eigenvalue weighted by molar-refractivity contribution is 7.14. The summed E-state index contributed by atoms with van der Waals surface area (Å²) in [7, 11) is 0. The highest BCUT2D eigenvalue weighted by Crippen LogP contribution is 2.42. The molecule has 1 atom stereocenters. The number of fused-ring (bicyclic) bond motifs is 1. The molecule has 4 N–H and O–H groups in total. The second-order valence-corrected chi connectivity index (χ2v) is 13.3. The zero-order valence-corrected chi connectivity index (χ0v) is 27.4. The number of alkyl halides is 6. The lowest BCUT2D eigenvalue weighted by Crippen LogP contribution is -2.58. The summed E-state index contributed by atoms with van der Waals surface area (Å²) in [6.45, 7) is 2.05. The first kappa shape index (κ1) is 35.1. The van der Waals surface area contributed by atoms with Crippen LogP contribution in [0.5, 0.6) is 0 Å². The minimum absolute atomic E-state index is 0.169. The van der Waals surface area contributed by atoms with Crippen LogP contribution in [0.25, 0.3) is 0 Å². The maximum atomic E-state index is 13.9. The van der Waals surface area contributed by atoms with E-state index >= 15 is 0 Å². The molecule has 3 aromatic rings. The molecule has 0 unspecified atom stereocenters. The van der Waals surface area contributed by atoms with E-state index < -0.39 is 59.1 Å². The standard InChI is InChI=1S/C32H34F6N8O3S/c33-31(34,35)23-15-19(16-24(26(23)39)32(36,37)38)17-25(28(47)44-12-10-43(11-13-44)21-1-6-40-7-2-21)41-29(48)45-8-3-22(4-9-45)46-18-20-5-14-50-27(20)42-30(46)49/h1-2,5-7,14-16,22,25H,3-4,8-13,17-18,39H2,(H,41,48)(H,42,49)/t25-/m1/s1. The number of nitrogens with zero attached hydrogens (tertiary/aromatic N) is 5. The summed E-state index contributed by atoms with van der Waals surface area (Å²) in [5.74, 6) is -0.641. The third-order valence-electron chi connectivity index (χ3n) is 9.27. The number of aromatic nitrogens is 1. The van der Waals surface area contributed by atoms with Gasteiger partial charge in [-0.1, -0.05) is 0 Å². The number of carbonyl (C=O) groups is 3. The fraction of sp³-hybridized carbons (Fsp3) is 0.438. The predicted molar refractivity (Wildman–Crippen MR) is 173 cm³/mol. The number of anilines is 3. The van der Waals surface area contributed by atoms with Crippen LogP contribution in [-0.4, -0.2) is 89.0 Å². The summed E-state index contributed by atoms with van der Waals surface area (Å²) in [6.07, 6.45) is -6.94. The number of piperidine rings is 1. The lowest BCUT2D eigenvalue weighted by Gasteiger charge is -2.40. The van der Waals surface area contributed by atoms with Crippen molar-refractivity contribution in [3.63, 3.8) is 0 Å². The van der Waals surface area contributed by atoms with Crippen molar-refractivity contribution >= 4 is 45.7 Å². The molecule has 0 aliphatic carbocycles. The number of nitrogen functional groups attached to an aromatic ring is 1. The van der Waals surface area contributed by atoms with E-state index in [2.05, 4.69) is 15.6 Å². The maximum absolute atomic E-state index is 13.9. The Morgan fingerprint density at radius 2 is 1.56 bits per heavy atom. The summed E-state index contributed by atoms with van der Waals surface area (Å²) < 4.78 is 82.9. The number of benzene rings is 1. The molecule has 50 heavy (non-hydrogen) atoms. The number of halogens is 6. The zero-order valence-electron chi connectivity index (χ0n) is 26.6. The third kappa shape index (κ3) is 7.53.